The summed E-state index contributed by atoms with van der Waals surface area (Å²) in [6, 6.07) is 26.4. The van der Waals surface area contributed by atoms with Crippen molar-refractivity contribution in [2.24, 2.45) is 0 Å². The summed E-state index contributed by atoms with van der Waals surface area (Å²) in [5, 5.41) is 0. The van der Waals surface area contributed by atoms with E-state index in [1.807, 2.05) is 68.4 Å². The van der Waals surface area contributed by atoms with Crippen molar-refractivity contribution in [3.05, 3.63) is 95.6 Å². The molecule has 2 heteroatoms. The fourth-order valence-electron chi connectivity index (χ4n) is 2.20. The smallest absolute Gasteiger partial charge is 0.119 e. The highest BCUT2D eigenvalue weighted by atomic mass is 16.5. The van der Waals surface area contributed by atoms with Crippen LogP contribution >= 0.6 is 0 Å². The first-order valence-electron chi connectivity index (χ1n) is 8.84. The van der Waals surface area contributed by atoms with E-state index in [1.165, 1.54) is 16.7 Å². The van der Waals surface area contributed by atoms with Gasteiger partial charge in [-0.3, -0.25) is 0 Å². The molecule has 0 saturated heterocycles. The Morgan fingerprint density at radius 3 is 1.24 bits per heavy atom. The highest BCUT2D eigenvalue weighted by molar-refractivity contribution is 5.27. The Hall–Kier alpha value is -2.74. The molecule has 0 radical (unpaired) electrons. The quantitative estimate of drug-likeness (QED) is 0.443. The molecule has 0 fully saturated rings. The molecule has 3 aromatic carbocycles. The van der Waals surface area contributed by atoms with E-state index >= 15 is 0 Å². The van der Waals surface area contributed by atoms with Crippen LogP contribution in [0.5, 0.6) is 11.5 Å². The monoisotopic (exact) mass is 398 g/mol. The molecule has 0 aliphatic carbocycles. The summed E-state index contributed by atoms with van der Waals surface area (Å²) < 4.78 is 9.99. The van der Waals surface area contributed by atoms with E-state index in [1.54, 1.807) is 14.2 Å². The van der Waals surface area contributed by atoms with Gasteiger partial charge in [-0.25, -0.2) is 0 Å². The van der Waals surface area contributed by atoms with Crippen molar-refractivity contribution in [1.82, 2.24) is 0 Å². The summed E-state index contributed by atoms with van der Waals surface area (Å²) in [5.41, 5.74) is 3.87. The second kappa shape index (κ2) is 18.6. The van der Waals surface area contributed by atoms with E-state index < -0.39 is 0 Å². The lowest BCUT2D eigenvalue weighted by atomic mass is 10.2. The van der Waals surface area contributed by atoms with Gasteiger partial charge in [-0.2, -0.15) is 0 Å². The second-order valence-corrected chi connectivity index (χ2v) is 5.88. The molecule has 2 nitrogen and oxygen atoms in total. The number of methoxy groups -OCH3 is 2. The first kappa shape index (κ1) is 31.0. The van der Waals surface area contributed by atoms with Crippen LogP contribution in [0.3, 0.4) is 0 Å². The predicted octanol–water partition coefficient (Wildman–Crippen LogP) is 8.16. The van der Waals surface area contributed by atoms with Gasteiger partial charge in [-0.1, -0.05) is 83.8 Å². The van der Waals surface area contributed by atoms with Gasteiger partial charge < -0.3 is 9.47 Å². The van der Waals surface area contributed by atoms with Crippen LogP contribution in [-0.2, 0) is 6.42 Å². The Kier molecular flexibility index (Phi) is 19.9. The van der Waals surface area contributed by atoms with Crippen molar-refractivity contribution < 1.29 is 9.47 Å². The SMILES string of the molecule is C.C.C.CCc1ccccc1.COc1cccc(C)c1.COc1cccc(C)c1. The number of hydrogen-bond donors (Lipinski definition) is 0. The van der Waals surface area contributed by atoms with E-state index in [9.17, 15) is 0 Å². The average molecular weight is 399 g/mol. The predicted molar refractivity (Wildman–Crippen MR) is 131 cm³/mol. The van der Waals surface area contributed by atoms with Gasteiger partial charge in [0, 0.05) is 0 Å². The molecule has 3 rings (SSSR count). The fourth-order valence-corrected chi connectivity index (χ4v) is 2.20. The van der Waals surface area contributed by atoms with Crippen LogP contribution in [0.1, 0.15) is 45.9 Å². The van der Waals surface area contributed by atoms with Crippen LogP contribution in [0, 0.1) is 13.8 Å². The van der Waals surface area contributed by atoms with Crippen molar-refractivity contribution in [2.45, 2.75) is 49.5 Å². The Labute approximate surface area is 180 Å². The van der Waals surface area contributed by atoms with Crippen LogP contribution in [-0.4, -0.2) is 14.2 Å². The van der Waals surface area contributed by atoms with Crippen LogP contribution in [0.2, 0.25) is 0 Å². The minimum atomic E-state index is 0. The number of benzene rings is 3. The van der Waals surface area contributed by atoms with Gasteiger partial charge in [0.2, 0.25) is 0 Å². The number of ether oxygens (including phenoxy) is 2. The standard InChI is InChI=1S/2C8H10O.C8H10.3CH4/c2*1-7-4-3-5-8(6-7)9-2;1-2-8-6-4-3-5-7-8;;;/h2*3-6H,1-2H3;3-7H,2H2,1H3;3*1H4. The minimum absolute atomic E-state index is 0. The molecule has 0 unspecified atom stereocenters. The summed E-state index contributed by atoms with van der Waals surface area (Å²) in [4.78, 5) is 0. The van der Waals surface area contributed by atoms with Gasteiger partial charge in [-0.05, 0) is 61.2 Å². The summed E-state index contributed by atoms with van der Waals surface area (Å²) in [6.45, 7) is 6.25. The molecular formula is C27H42O2. The number of aryl methyl sites for hydroxylation is 3. The zero-order chi connectivity index (χ0) is 19.2. The highest BCUT2D eigenvalue weighted by Crippen LogP contribution is 2.11. The first-order valence-corrected chi connectivity index (χ1v) is 8.84. The third-order valence-corrected chi connectivity index (χ3v) is 3.70. The maximum atomic E-state index is 5.00. The molecule has 0 heterocycles. The number of rotatable bonds is 3. The third kappa shape index (κ3) is 14.0. The zero-order valence-electron chi connectivity index (χ0n) is 16.5. The van der Waals surface area contributed by atoms with Crippen LogP contribution in [0.15, 0.2) is 78.9 Å². The summed E-state index contributed by atoms with van der Waals surface area (Å²) in [5.74, 6) is 1.85. The highest BCUT2D eigenvalue weighted by Gasteiger charge is 1.87. The molecule has 0 spiro atoms. The van der Waals surface area contributed by atoms with Gasteiger partial charge in [0.25, 0.3) is 0 Å². The van der Waals surface area contributed by atoms with Gasteiger partial charge in [-0.15, -0.1) is 0 Å². The van der Waals surface area contributed by atoms with Crippen LogP contribution in [0.25, 0.3) is 0 Å². The summed E-state index contributed by atoms with van der Waals surface area (Å²) >= 11 is 0. The van der Waals surface area contributed by atoms with E-state index in [0.717, 1.165) is 17.9 Å². The second-order valence-electron chi connectivity index (χ2n) is 5.88. The molecule has 0 aliphatic rings. The molecule has 0 N–H and O–H groups in total. The Morgan fingerprint density at radius 1 is 0.586 bits per heavy atom. The maximum absolute atomic E-state index is 5.00. The summed E-state index contributed by atoms with van der Waals surface area (Å²) in [6.07, 6.45) is 1.14. The molecule has 0 bridgehead atoms. The van der Waals surface area contributed by atoms with E-state index in [4.69, 9.17) is 9.47 Å². The van der Waals surface area contributed by atoms with Crippen LogP contribution in [0.4, 0.5) is 0 Å². The molecule has 3 aromatic rings. The molecule has 29 heavy (non-hydrogen) atoms. The van der Waals surface area contributed by atoms with Crippen molar-refractivity contribution in [2.75, 3.05) is 14.2 Å². The molecular weight excluding hydrogens is 356 g/mol. The van der Waals surface area contributed by atoms with Crippen molar-refractivity contribution in [3.8, 4) is 11.5 Å². The lowest BCUT2D eigenvalue weighted by Gasteiger charge is -1.97. The normalized spacial score (nSPS) is 8.17. The van der Waals surface area contributed by atoms with Crippen molar-refractivity contribution >= 4 is 0 Å². The van der Waals surface area contributed by atoms with E-state index in [2.05, 4.69) is 31.2 Å². The van der Waals surface area contributed by atoms with Crippen LogP contribution < -0.4 is 9.47 Å². The topological polar surface area (TPSA) is 18.5 Å². The summed E-state index contributed by atoms with van der Waals surface area (Å²) in [7, 11) is 3.35. The molecule has 0 saturated carbocycles. The Balaban J connectivity index is -0.000000333. The molecule has 0 atom stereocenters. The molecule has 162 valence electrons. The van der Waals surface area contributed by atoms with Gasteiger partial charge in [0.1, 0.15) is 11.5 Å². The molecule has 0 amide bonds. The fraction of sp³-hybridized carbons (Fsp3) is 0.333. The Bertz CT molecular complexity index is 691. The molecule has 0 aliphatic heterocycles. The molecule has 0 aromatic heterocycles. The zero-order valence-corrected chi connectivity index (χ0v) is 16.5. The van der Waals surface area contributed by atoms with Gasteiger partial charge in [0.15, 0.2) is 0 Å². The number of hydrogen-bond acceptors (Lipinski definition) is 2. The third-order valence-electron chi connectivity index (χ3n) is 3.70. The van der Waals surface area contributed by atoms with E-state index in [0.29, 0.717) is 0 Å². The first-order chi connectivity index (χ1) is 12.6. The largest absolute Gasteiger partial charge is 0.497 e. The minimum Gasteiger partial charge on any atom is -0.497 e. The Morgan fingerprint density at radius 2 is 1.00 bits per heavy atom. The van der Waals surface area contributed by atoms with Gasteiger partial charge >= 0.3 is 0 Å². The lowest BCUT2D eigenvalue weighted by Crippen LogP contribution is -1.81. The maximum Gasteiger partial charge on any atom is 0.119 e. The lowest BCUT2D eigenvalue weighted by molar-refractivity contribution is 0.414. The van der Waals surface area contributed by atoms with Gasteiger partial charge in [0.05, 0.1) is 14.2 Å². The average Bonchev–Trinajstić information content (AvgIpc) is 2.69. The van der Waals surface area contributed by atoms with Crippen molar-refractivity contribution in [3.63, 3.8) is 0 Å². The van der Waals surface area contributed by atoms with Crippen molar-refractivity contribution in [1.29, 1.82) is 0 Å². The van der Waals surface area contributed by atoms with E-state index in [-0.39, 0.29) is 22.3 Å².